The summed E-state index contributed by atoms with van der Waals surface area (Å²) in [5.74, 6) is 1.11. The molecule has 67 heavy (non-hydrogen) atoms. The van der Waals surface area contributed by atoms with E-state index in [9.17, 15) is 0 Å². The van der Waals surface area contributed by atoms with Gasteiger partial charge in [-0.1, -0.05) is 212 Å². The van der Waals surface area contributed by atoms with Crippen LogP contribution in [0.2, 0.25) is 0 Å². The lowest BCUT2D eigenvalue weighted by molar-refractivity contribution is 0.658. The summed E-state index contributed by atoms with van der Waals surface area (Å²) in [6.07, 6.45) is 26.4. The number of hydrogen-bond acceptors (Lipinski definition) is 1. The van der Waals surface area contributed by atoms with Gasteiger partial charge in [-0.25, -0.2) is 0 Å². The van der Waals surface area contributed by atoms with Crippen molar-refractivity contribution in [2.75, 3.05) is 0 Å². The van der Waals surface area contributed by atoms with Crippen LogP contribution in [0, 0.1) is 0 Å². The standard InChI is InChI=1S/C66H54S/c1-4-13-47(14-5-1)55-32-31-52-33-36-59(51-17-8-3-9-18-51)63-43-57(34-37-60(63)62(52)42-55)54-20-12-19-53(41-54)49-27-23-45(24-28-49)39-58(48-15-6-2-7-16-48)40-46-25-29-50(30-26-46)56-35-38-66-64(44-56)61-21-10-11-22-65(61)67-66/h1-6,8-15,17-32,34-35,37-39,41-42,56-57,59H,7,16,33,36,40,43-44H2/b58-39-. The first-order chi connectivity index (χ1) is 33.2. The Morgan fingerprint density at radius 2 is 1.30 bits per heavy atom. The average Bonchev–Trinajstić information content (AvgIpc) is 3.69. The molecule has 0 amide bonds. The fourth-order valence-electron chi connectivity index (χ4n) is 11.3. The zero-order chi connectivity index (χ0) is 44.5. The zero-order valence-corrected chi connectivity index (χ0v) is 38.8. The first-order valence-corrected chi connectivity index (χ1v) is 25.2. The Balaban J connectivity index is 0.790. The highest BCUT2D eigenvalue weighted by molar-refractivity contribution is 7.20. The molecule has 0 saturated heterocycles. The smallest absolute Gasteiger partial charge is 0.0352 e. The molecular weight excluding hydrogens is 825 g/mol. The minimum Gasteiger partial charge on any atom is -0.136 e. The SMILES string of the molecule is C1=CCCC(/C(=C\c2ccc(-c3cccc(C4C=CC5=C(C4)C(c4ccccc4)CCc4ccc(-c6ccccc6)cc45)c3)cc2)Cc2ccc(C3C=Cc4sc5ccccc5c4C3)cc2)=C1. The van der Waals surface area contributed by atoms with Crippen molar-refractivity contribution in [1.82, 2.24) is 0 Å². The van der Waals surface area contributed by atoms with Gasteiger partial charge in [-0.15, -0.1) is 11.3 Å². The molecule has 1 heterocycles. The van der Waals surface area contributed by atoms with Crippen molar-refractivity contribution in [1.29, 1.82) is 0 Å². The van der Waals surface area contributed by atoms with Crippen LogP contribution in [0.4, 0.5) is 0 Å². The summed E-state index contributed by atoms with van der Waals surface area (Å²) in [5, 5.41) is 1.42. The number of thiophene rings is 1. The van der Waals surface area contributed by atoms with Crippen molar-refractivity contribution in [2.24, 2.45) is 0 Å². The molecule has 4 aliphatic rings. The average molecular weight is 879 g/mol. The van der Waals surface area contributed by atoms with Crippen LogP contribution >= 0.6 is 11.3 Å². The van der Waals surface area contributed by atoms with Crippen LogP contribution < -0.4 is 0 Å². The number of rotatable bonds is 9. The van der Waals surface area contributed by atoms with E-state index in [-0.39, 0.29) is 0 Å². The maximum absolute atomic E-state index is 2.48. The van der Waals surface area contributed by atoms with E-state index in [2.05, 4.69) is 225 Å². The lowest BCUT2D eigenvalue weighted by Gasteiger charge is -2.28. The Hall–Kier alpha value is -7.06. The van der Waals surface area contributed by atoms with Gasteiger partial charge in [0.05, 0.1) is 0 Å². The van der Waals surface area contributed by atoms with E-state index in [1.54, 1.807) is 5.57 Å². The van der Waals surface area contributed by atoms with Gasteiger partial charge in [-0.3, -0.25) is 0 Å². The van der Waals surface area contributed by atoms with Crippen molar-refractivity contribution >= 4 is 39.1 Å². The Morgan fingerprint density at radius 3 is 2.13 bits per heavy atom. The van der Waals surface area contributed by atoms with Gasteiger partial charge in [0.15, 0.2) is 0 Å². The predicted molar refractivity (Wildman–Crippen MR) is 287 cm³/mol. The molecule has 0 spiro atoms. The summed E-state index contributed by atoms with van der Waals surface area (Å²) in [6.45, 7) is 0. The van der Waals surface area contributed by atoms with Crippen LogP contribution in [-0.2, 0) is 19.3 Å². The number of fused-ring (bicyclic) bond motifs is 5. The molecule has 3 atom stereocenters. The van der Waals surface area contributed by atoms with Gasteiger partial charge in [-0.2, -0.15) is 0 Å². The Bertz CT molecular complexity index is 3290. The fourth-order valence-corrected chi connectivity index (χ4v) is 12.4. The number of allylic oxidation sites excluding steroid dienone is 10. The molecule has 0 nitrogen and oxygen atoms in total. The van der Waals surface area contributed by atoms with E-state index < -0.39 is 0 Å². The highest BCUT2D eigenvalue weighted by Gasteiger charge is 2.30. The first kappa shape index (κ1) is 41.4. The fraction of sp³-hybridized carbons (Fsp3) is 0.152. The molecule has 1 aromatic heterocycles. The Morgan fingerprint density at radius 1 is 0.582 bits per heavy atom. The van der Waals surface area contributed by atoms with E-state index in [0.717, 1.165) is 44.9 Å². The van der Waals surface area contributed by atoms with E-state index in [1.807, 2.05) is 11.3 Å². The number of aryl methyl sites for hydroxylation is 1. The van der Waals surface area contributed by atoms with Crippen molar-refractivity contribution in [2.45, 2.75) is 62.7 Å². The summed E-state index contributed by atoms with van der Waals surface area (Å²) in [7, 11) is 0. The highest BCUT2D eigenvalue weighted by atomic mass is 32.1. The second kappa shape index (κ2) is 18.3. The van der Waals surface area contributed by atoms with Crippen LogP contribution in [-0.4, -0.2) is 0 Å². The number of hydrogen-bond donors (Lipinski definition) is 0. The second-order valence-electron chi connectivity index (χ2n) is 19.0. The summed E-state index contributed by atoms with van der Waals surface area (Å²) in [4.78, 5) is 1.42. The predicted octanol–water partition coefficient (Wildman–Crippen LogP) is 17.7. The third-order valence-electron chi connectivity index (χ3n) is 14.9. The minimum absolute atomic E-state index is 0.314. The van der Waals surface area contributed by atoms with Gasteiger partial charge in [0, 0.05) is 27.3 Å². The molecule has 0 aliphatic heterocycles. The van der Waals surface area contributed by atoms with Gasteiger partial charge in [0.2, 0.25) is 0 Å². The van der Waals surface area contributed by atoms with Crippen molar-refractivity contribution < 1.29 is 0 Å². The molecule has 3 unspecified atom stereocenters. The van der Waals surface area contributed by atoms with Crippen LogP contribution in [0.5, 0.6) is 0 Å². The van der Waals surface area contributed by atoms with Gasteiger partial charge >= 0.3 is 0 Å². The summed E-state index contributed by atoms with van der Waals surface area (Å²) < 4.78 is 1.39. The van der Waals surface area contributed by atoms with Crippen molar-refractivity contribution in [3.8, 4) is 22.3 Å². The molecule has 12 rings (SSSR count). The molecule has 1 heteroatoms. The Kier molecular flexibility index (Phi) is 11.3. The molecule has 0 radical (unpaired) electrons. The lowest BCUT2D eigenvalue weighted by atomic mass is 9.76. The lowest BCUT2D eigenvalue weighted by Crippen LogP contribution is -2.11. The van der Waals surface area contributed by atoms with E-state index in [1.165, 1.54) is 98.4 Å². The third kappa shape index (κ3) is 8.50. The van der Waals surface area contributed by atoms with Crippen molar-refractivity contribution in [3.63, 3.8) is 0 Å². The van der Waals surface area contributed by atoms with Gasteiger partial charge in [0.1, 0.15) is 0 Å². The third-order valence-corrected chi connectivity index (χ3v) is 16.1. The summed E-state index contributed by atoms with van der Waals surface area (Å²) in [6, 6.07) is 66.2. The van der Waals surface area contributed by atoms with Gasteiger partial charge < -0.3 is 0 Å². The highest BCUT2D eigenvalue weighted by Crippen LogP contribution is 2.48. The van der Waals surface area contributed by atoms with E-state index >= 15 is 0 Å². The molecule has 8 aromatic rings. The Labute approximate surface area is 400 Å². The maximum atomic E-state index is 2.48. The quantitative estimate of drug-likeness (QED) is 0.136. The molecule has 7 aromatic carbocycles. The summed E-state index contributed by atoms with van der Waals surface area (Å²) >= 11 is 1.92. The van der Waals surface area contributed by atoms with E-state index in [4.69, 9.17) is 0 Å². The van der Waals surface area contributed by atoms with Crippen LogP contribution in [0.3, 0.4) is 0 Å². The molecule has 4 aliphatic carbocycles. The number of benzene rings is 7. The molecule has 0 fully saturated rings. The van der Waals surface area contributed by atoms with Crippen LogP contribution in [0.25, 0.3) is 50.1 Å². The molecule has 0 saturated carbocycles. The van der Waals surface area contributed by atoms with E-state index in [0.29, 0.717) is 17.8 Å². The van der Waals surface area contributed by atoms with Gasteiger partial charge in [0.25, 0.3) is 0 Å². The minimum atomic E-state index is 0.314. The zero-order valence-electron chi connectivity index (χ0n) is 38.0. The summed E-state index contributed by atoms with van der Waals surface area (Å²) in [5.41, 5.74) is 22.1. The topological polar surface area (TPSA) is 0 Å². The largest absolute Gasteiger partial charge is 0.136 e. The molecule has 0 bridgehead atoms. The van der Waals surface area contributed by atoms with Gasteiger partial charge in [-0.05, 0) is 152 Å². The molecule has 0 N–H and O–H groups in total. The monoisotopic (exact) mass is 878 g/mol. The first-order valence-electron chi connectivity index (χ1n) is 24.4. The van der Waals surface area contributed by atoms with Crippen LogP contribution in [0.1, 0.15) is 92.8 Å². The normalized spacial score (nSPS) is 18.8. The molecule has 324 valence electrons. The van der Waals surface area contributed by atoms with Crippen LogP contribution in [0.15, 0.2) is 229 Å². The maximum Gasteiger partial charge on any atom is 0.0352 e. The second-order valence-corrected chi connectivity index (χ2v) is 20.0. The molecular formula is C66H54S. The van der Waals surface area contributed by atoms with Crippen molar-refractivity contribution in [3.05, 3.63) is 278 Å².